The minimum atomic E-state index is -0.0553. The molecule has 0 fully saturated rings. The second kappa shape index (κ2) is 5.30. The molecule has 23 heavy (non-hydrogen) atoms. The summed E-state index contributed by atoms with van der Waals surface area (Å²) < 4.78 is 0. The molecule has 4 N–H and O–H groups in total. The smallest absolute Gasteiger partial charge is 0.256 e. The molecule has 0 bridgehead atoms. The second-order valence-corrected chi connectivity index (χ2v) is 6.35. The minimum Gasteiger partial charge on any atom is -0.399 e. The molecule has 0 atom stereocenters. The van der Waals surface area contributed by atoms with E-state index >= 15 is 0 Å². The van der Waals surface area contributed by atoms with Gasteiger partial charge in [-0.15, -0.1) is 0 Å². The molecule has 0 saturated heterocycles. The van der Waals surface area contributed by atoms with Gasteiger partial charge in [0.2, 0.25) is 0 Å². The van der Waals surface area contributed by atoms with Crippen LogP contribution in [0.25, 0.3) is 11.6 Å². The summed E-state index contributed by atoms with van der Waals surface area (Å²) in [5.41, 5.74) is 14.3. The molecule has 2 heterocycles. The summed E-state index contributed by atoms with van der Waals surface area (Å²) in [5, 5.41) is 2.92. The van der Waals surface area contributed by atoms with Crippen LogP contribution in [0.15, 0.2) is 18.2 Å². The lowest BCUT2D eigenvalue weighted by molar-refractivity contribution is -0.110. The molecule has 1 aromatic carbocycles. The predicted molar refractivity (Wildman–Crippen MR) is 94.2 cm³/mol. The number of carbonyl (C=O) groups excluding carboxylic acids is 1. The van der Waals surface area contributed by atoms with Crippen LogP contribution in [0.3, 0.4) is 0 Å². The first-order chi connectivity index (χ1) is 11.2. The molecule has 4 heteroatoms. The third-order valence-electron chi connectivity index (χ3n) is 4.91. The van der Waals surface area contributed by atoms with Gasteiger partial charge in [0.1, 0.15) is 0 Å². The number of H-pyrrole nitrogens is 1. The number of aryl methyl sites for hydroxylation is 1. The number of carbonyl (C=O) groups is 1. The molecule has 0 saturated carbocycles. The van der Waals surface area contributed by atoms with Crippen LogP contribution in [0, 0.1) is 0 Å². The van der Waals surface area contributed by atoms with Crippen LogP contribution in [-0.4, -0.2) is 10.9 Å². The molecule has 0 radical (unpaired) electrons. The molecule has 0 spiro atoms. The Morgan fingerprint density at radius 1 is 1.26 bits per heavy atom. The van der Waals surface area contributed by atoms with E-state index in [4.69, 9.17) is 5.73 Å². The van der Waals surface area contributed by atoms with Crippen molar-refractivity contribution in [1.82, 2.24) is 4.98 Å². The molecule has 1 aliphatic heterocycles. The number of aromatic amines is 1. The van der Waals surface area contributed by atoms with E-state index in [0.29, 0.717) is 11.3 Å². The van der Waals surface area contributed by atoms with E-state index in [1.165, 1.54) is 29.7 Å². The fraction of sp³-hybridized carbons (Fsp3) is 0.316. The van der Waals surface area contributed by atoms with E-state index in [1.807, 2.05) is 24.3 Å². The van der Waals surface area contributed by atoms with Gasteiger partial charge >= 0.3 is 0 Å². The van der Waals surface area contributed by atoms with Gasteiger partial charge in [-0.3, -0.25) is 4.79 Å². The quantitative estimate of drug-likeness (QED) is 0.586. The lowest BCUT2D eigenvalue weighted by atomic mass is 9.93. The number of hydrogen-bond acceptors (Lipinski definition) is 2. The van der Waals surface area contributed by atoms with Crippen LogP contribution < -0.4 is 11.1 Å². The number of nitrogens with two attached hydrogens (primary N) is 1. The minimum absolute atomic E-state index is 0.0553. The number of benzene rings is 1. The largest absolute Gasteiger partial charge is 0.399 e. The standard InChI is InChI=1S/C19H21N3O/c1-2-12-13-5-3-4-6-16(13)21-18(12)10-15-14-9-11(20)7-8-17(14)22-19(15)23/h7-10,21H,2-6,20H2,1H3,(H,22,23). The first kappa shape index (κ1) is 14.1. The monoisotopic (exact) mass is 307 g/mol. The number of nitrogens with one attached hydrogen (secondary N) is 2. The summed E-state index contributed by atoms with van der Waals surface area (Å²) in [6.07, 6.45) is 7.74. The molecule has 2 aliphatic rings. The maximum atomic E-state index is 12.4. The Kier molecular flexibility index (Phi) is 3.26. The molecule has 4 nitrogen and oxygen atoms in total. The van der Waals surface area contributed by atoms with Gasteiger partial charge in [-0.25, -0.2) is 0 Å². The number of rotatable bonds is 2. The maximum Gasteiger partial charge on any atom is 0.256 e. The van der Waals surface area contributed by atoms with Gasteiger partial charge in [0.05, 0.1) is 5.57 Å². The Labute approximate surface area is 135 Å². The zero-order chi connectivity index (χ0) is 16.0. The average molecular weight is 307 g/mol. The van der Waals surface area contributed by atoms with Gasteiger partial charge in [0, 0.05) is 28.3 Å². The number of nitrogen functional groups attached to an aromatic ring is 1. The van der Waals surface area contributed by atoms with E-state index in [9.17, 15) is 4.79 Å². The van der Waals surface area contributed by atoms with E-state index in [2.05, 4.69) is 17.2 Å². The third kappa shape index (κ3) is 2.25. The third-order valence-corrected chi connectivity index (χ3v) is 4.91. The zero-order valence-electron chi connectivity index (χ0n) is 13.3. The van der Waals surface area contributed by atoms with Crippen LogP contribution in [-0.2, 0) is 24.1 Å². The average Bonchev–Trinajstić information content (AvgIpc) is 3.05. The summed E-state index contributed by atoms with van der Waals surface area (Å²) >= 11 is 0. The normalized spacial score (nSPS) is 18.0. The predicted octanol–water partition coefficient (Wildman–Crippen LogP) is 3.53. The Bertz CT molecular complexity index is 829. The van der Waals surface area contributed by atoms with E-state index in [-0.39, 0.29) is 5.91 Å². The molecule has 4 rings (SSSR count). The van der Waals surface area contributed by atoms with Crippen LogP contribution in [0.2, 0.25) is 0 Å². The SMILES string of the molecule is CCc1c(C=C2C(=O)Nc3ccc(N)cc32)[nH]c2c1CCCC2. The van der Waals surface area contributed by atoms with Gasteiger partial charge < -0.3 is 16.0 Å². The van der Waals surface area contributed by atoms with Crippen molar-refractivity contribution < 1.29 is 4.79 Å². The van der Waals surface area contributed by atoms with Gasteiger partial charge in [-0.1, -0.05) is 6.92 Å². The number of anilines is 2. The Balaban J connectivity index is 1.84. The topological polar surface area (TPSA) is 70.9 Å². The number of amides is 1. The molecular weight excluding hydrogens is 286 g/mol. The van der Waals surface area contributed by atoms with Crippen molar-refractivity contribution in [2.75, 3.05) is 11.1 Å². The van der Waals surface area contributed by atoms with Crippen molar-refractivity contribution in [3.63, 3.8) is 0 Å². The molecule has 1 aliphatic carbocycles. The van der Waals surface area contributed by atoms with Crippen molar-refractivity contribution >= 4 is 28.9 Å². The zero-order valence-corrected chi connectivity index (χ0v) is 13.3. The van der Waals surface area contributed by atoms with Crippen LogP contribution in [0.4, 0.5) is 11.4 Å². The lowest BCUT2D eigenvalue weighted by Crippen LogP contribution is -2.03. The van der Waals surface area contributed by atoms with Gasteiger partial charge in [-0.2, -0.15) is 0 Å². The second-order valence-electron chi connectivity index (χ2n) is 6.35. The van der Waals surface area contributed by atoms with Crippen LogP contribution in [0.5, 0.6) is 0 Å². The van der Waals surface area contributed by atoms with Crippen molar-refractivity contribution in [1.29, 1.82) is 0 Å². The molecule has 118 valence electrons. The molecule has 1 aromatic heterocycles. The first-order valence-electron chi connectivity index (χ1n) is 8.33. The highest BCUT2D eigenvalue weighted by Gasteiger charge is 2.26. The van der Waals surface area contributed by atoms with Crippen molar-refractivity contribution in [2.24, 2.45) is 0 Å². The number of hydrogen-bond donors (Lipinski definition) is 3. The summed E-state index contributed by atoms with van der Waals surface area (Å²) in [6.45, 7) is 2.18. The number of fused-ring (bicyclic) bond motifs is 2. The Morgan fingerprint density at radius 2 is 2.09 bits per heavy atom. The fourth-order valence-corrected chi connectivity index (χ4v) is 3.80. The van der Waals surface area contributed by atoms with Gasteiger partial charge in [0.15, 0.2) is 0 Å². The van der Waals surface area contributed by atoms with E-state index in [1.54, 1.807) is 0 Å². The van der Waals surface area contributed by atoms with Crippen LogP contribution >= 0.6 is 0 Å². The number of aromatic nitrogens is 1. The van der Waals surface area contributed by atoms with E-state index < -0.39 is 0 Å². The Morgan fingerprint density at radius 3 is 2.91 bits per heavy atom. The van der Waals surface area contributed by atoms with Crippen molar-refractivity contribution in [3.8, 4) is 0 Å². The van der Waals surface area contributed by atoms with E-state index in [0.717, 1.165) is 36.2 Å². The molecule has 0 unspecified atom stereocenters. The molecule has 2 aromatic rings. The summed E-state index contributed by atoms with van der Waals surface area (Å²) in [7, 11) is 0. The maximum absolute atomic E-state index is 12.4. The van der Waals surface area contributed by atoms with Gasteiger partial charge in [0.25, 0.3) is 5.91 Å². The fourth-order valence-electron chi connectivity index (χ4n) is 3.80. The highest BCUT2D eigenvalue weighted by molar-refractivity contribution is 6.35. The van der Waals surface area contributed by atoms with Crippen LogP contribution in [0.1, 0.15) is 47.8 Å². The lowest BCUT2D eigenvalue weighted by Gasteiger charge is -2.11. The first-order valence-corrected chi connectivity index (χ1v) is 8.33. The van der Waals surface area contributed by atoms with Gasteiger partial charge in [-0.05, 0) is 67.5 Å². The van der Waals surface area contributed by atoms with Crippen molar-refractivity contribution in [3.05, 3.63) is 46.3 Å². The summed E-state index contributed by atoms with van der Waals surface area (Å²) in [4.78, 5) is 15.9. The van der Waals surface area contributed by atoms with Crippen molar-refractivity contribution in [2.45, 2.75) is 39.0 Å². The highest BCUT2D eigenvalue weighted by atomic mass is 16.2. The summed E-state index contributed by atoms with van der Waals surface area (Å²) in [5.74, 6) is -0.0553. The molecule has 1 amide bonds. The molecular formula is C19H21N3O. The highest BCUT2D eigenvalue weighted by Crippen LogP contribution is 2.36. The Hall–Kier alpha value is -2.49. The summed E-state index contributed by atoms with van der Waals surface area (Å²) in [6, 6.07) is 5.55.